The number of fused-ring (bicyclic) bond motifs is 2. The molecular formula is C30H24N6O4. The van der Waals surface area contributed by atoms with Crippen molar-refractivity contribution < 1.29 is 14.6 Å². The van der Waals surface area contributed by atoms with E-state index in [4.69, 9.17) is 4.74 Å². The number of ether oxygens (including phenoxy) is 1. The van der Waals surface area contributed by atoms with E-state index < -0.39 is 0 Å². The third-order valence-corrected chi connectivity index (χ3v) is 6.58. The van der Waals surface area contributed by atoms with Gasteiger partial charge in [0.05, 0.1) is 34.6 Å². The number of H-pyrrole nitrogens is 2. The maximum Gasteiger partial charge on any atom is 0.258 e. The van der Waals surface area contributed by atoms with Gasteiger partial charge < -0.3 is 25.1 Å². The summed E-state index contributed by atoms with van der Waals surface area (Å²) in [4.78, 5) is 44.5. The zero-order valence-electron chi connectivity index (χ0n) is 21.4. The van der Waals surface area contributed by atoms with E-state index in [0.29, 0.717) is 63.6 Å². The highest BCUT2D eigenvalue weighted by molar-refractivity contribution is 5.97. The number of phenols is 1. The fraction of sp³-hybridized carbons (Fsp3) is 0.100. The number of para-hydroxylation sites is 1. The lowest BCUT2D eigenvalue weighted by molar-refractivity contribution is 0.0954. The average Bonchev–Trinajstić information content (AvgIpc) is 3.41. The van der Waals surface area contributed by atoms with Crippen molar-refractivity contribution in [2.75, 3.05) is 13.7 Å². The molecule has 0 aliphatic rings. The Morgan fingerprint density at radius 1 is 0.950 bits per heavy atom. The summed E-state index contributed by atoms with van der Waals surface area (Å²) in [6.45, 7) is 0.294. The van der Waals surface area contributed by atoms with Crippen LogP contribution in [0.1, 0.15) is 16.2 Å². The van der Waals surface area contributed by atoms with Crippen molar-refractivity contribution >= 4 is 27.8 Å². The number of hydrogen-bond acceptors (Lipinski definition) is 7. The number of aromatic hydroxyl groups is 1. The molecule has 0 bridgehead atoms. The summed E-state index contributed by atoms with van der Waals surface area (Å²) in [5.74, 6) is 1.22. The van der Waals surface area contributed by atoms with Crippen LogP contribution in [0.5, 0.6) is 11.6 Å². The summed E-state index contributed by atoms with van der Waals surface area (Å²) in [5, 5.41) is 14.0. The molecular weight excluding hydrogens is 508 g/mol. The fourth-order valence-corrected chi connectivity index (χ4v) is 4.59. The van der Waals surface area contributed by atoms with Crippen molar-refractivity contribution in [3.63, 3.8) is 0 Å². The lowest BCUT2D eigenvalue weighted by Gasteiger charge is -2.09. The molecule has 6 aromatic rings. The number of rotatable bonds is 7. The molecule has 0 spiro atoms. The Balaban J connectivity index is 1.20. The molecule has 0 saturated carbocycles. The zero-order chi connectivity index (χ0) is 27.6. The summed E-state index contributed by atoms with van der Waals surface area (Å²) >= 11 is 0. The first-order valence-corrected chi connectivity index (χ1v) is 12.6. The van der Waals surface area contributed by atoms with Gasteiger partial charge in [-0.25, -0.2) is 15.0 Å². The van der Waals surface area contributed by atoms with E-state index in [0.717, 1.165) is 11.1 Å². The first-order chi connectivity index (χ1) is 19.5. The van der Waals surface area contributed by atoms with E-state index in [9.17, 15) is 14.7 Å². The molecule has 1 amide bonds. The third kappa shape index (κ3) is 4.73. The SMILES string of the molecule is COc1ncccc1-c1ccc(O)c(-c2nc3cc(C(=O)NCCc4nc5ccccc5c(=O)[nH]4)ccc3[nH]2)c1. The van der Waals surface area contributed by atoms with Gasteiger partial charge >= 0.3 is 0 Å². The number of aromatic nitrogens is 5. The van der Waals surface area contributed by atoms with Gasteiger partial charge in [-0.3, -0.25) is 9.59 Å². The normalized spacial score (nSPS) is 11.1. The number of aromatic amines is 2. The predicted molar refractivity (Wildman–Crippen MR) is 151 cm³/mol. The number of methoxy groups -OCH3 is 1. The van der Waals surface area contributed by atoms with Crippen LogP contribution >= 0.6 is 0 Å². The fourth-order valence-electron chi connectivity index (χ4n) is 4.59. The molecule has 3 aromatic carbocycles. The lowest BCUT2D eigenvalue weighted by atomic mass is 10.0. The van der Waals surface area contributed by atoms with Crippen LogP contribution in [0.3, 0.4) is 0 Å². The minimum Gasteiger partial charge on any atom is -0.507 e. The van der Waals surface area contributed by atoms with Gasteiger partial charge in [0, 0.05) is 30.3 Å². The molecule has 0 unspecified atom stereocenters. The first-order valence-electron chi connectivity index (χ1n) is 12.6. The van der Waals surface area contributed by atoms with Crippen LogP contribution in [0.2, 0.25) is 0 Å². The van der Waals surface area contributed by atoms with Gasteiger partial charge in [0.2, 0.25) is 5.88 Å². The molecule has 3 heterocycles. The zero-order valence-corrected chi connectivity index (χ0v) is 21.4. The molecule has 40 heavy (non-hydrogen) atoms. The number of hydrogen-bond donors (Lipinski definition) is 4. The Hall–Kier alpha value is -5.51. The quantitative estimate of drug-likeness (QED) is 0.241. The van der Waals surface area contributed by atoms with Crippen LogP contribution in [-0.2, 0) is 6.42 Å². The lowest BCUT2D eigenvalue weighted by Crippen LogP contribution is -2.26. The second kappa shape index (κ2) is 10.3. The van der Waals surface area contributed by atoms with E-state index in [-0.39, 0.29) is 17.2 Å². The van der Waals surface area contributed by atoms with Gasteiger partial charge in [-0.2, -0.15) is 0 Å². The van der Waals surface area contributed by atoms with Gasteiger partial charge in [-0.05, 0) is 60.2 Å². The molecule has 0 aliphatic heterocycles. The maximum atomic E-state index is 12.9. The minimum atomic E-state index is -0.275. The van der Waals surface area contributed by atoms with Crippen LogP contribution in [-0.4, -0.2) is 49.6 Å². The molecule has 6 rings (SSSR count). The summed E-state index contributed by atoms with van der Waals surface area (Å²) in [7, 11) is 1.56. The number of carbonyl (C=O) groups is 1. The predicted octanol–water partition coefficient (Wildman–Crippen LogP) is 4.22. The van der Waals surface area contributed by atoms with Crippen molar-refractivity contribution in [3.8, 4) is 34.1 Å². The van der Waals surface area contributed by atoms with Crippen LogP contribution in [0.15, 0.2) is 83.8 Å². The molecule has 3 aromatic heterocycles. The first kappa shape index (κ1) is 24.8. The largest absolute Gasteiger partial charge is 0.507 e. The van der Waals surface area contributed by atoms with Crippen LogP contribution < -0.4 is 15.6 Å². The summed E-state index contributed by atoms with van der Waals surface area (Å²) in [5.41, 5.74) is 4.22. The number of nitrogens with zero attached hydrogens (tertiary/aromatic N) is 3. The summed E-state index contributed by atoms with van der Waals surface area (Å²) < 4.78 is 5.38. The highest BCUT2D eigenvalue weighted by Gasteiger charge is 2.15. The monoisotopic (exact) mass is 532 g/mol. The number of nitrogens with one attached hydrogen (secondary N) is 3. The van der Waals surface area contributed by atoms with Crippen molar-refractivity contribution in [3.05, 3.63) is 101 Å². The molecule has 0 fully saturated rings. The summed E-state index contributed by atoms with van der Waals surface area (Å²) in [6, 6.07) is 21.2. The molecule has 10 heteroatoms. The molecule has 10 nitrogen and oxygen atoms in total. The second-order valence-electron chi connectivity index (χ2n) is 9.15. The van der Waals surface area contributed by atoms with Gasteiger partial charge in [0.25, 0.3) is 11.5 Å². The standard InChI is InChI=1S/C30H24N6O4/c1-40-30-19(6-4-13-32-30)17-9-11-25(37)21(15-17)27-34-23-10-8-18(16-24(23)35-27)28(38)31-14-12-26-33-22-7-3-2-5-20(22)29(39)36-26/h2-11,13,15-16,37H,12,14H2,1H3,(H,31,38)(H,34,35)(H,33,36,39). The van der Waals surface area contributed by atoms with Crippen LogP contribution in [0, 0.1) is 0 Å². The smallest absolute Gasteiger partial charge is 0.258 e. The van der Waals surface area contributed by atoms with Gasteiger partial charge in [0.1, 0.15) is 17.4 Å². The average molecular weight is 533 g/mol. The van der Waals surface area contributed by atoms with Crippen LogP contribution in [0.4, 0.5) is 0 Å². The molecule has 0 aliphatic carbocycles. The maximum absolute atomic E-state index is 12.9. The number of pyridine rings is 1. The topological polar surface area (TPSA) is 146 Å². The number of amides is 1. The van der Waals surface area contributed by atoms with Crippen molar-refractivity contribution in [2.24, 2.45) is 0 Å². The highest BCUT2D eigenvalue weighted by Crippen LogP contribution is 2.35. The molecule has 0 atom stereocenters. The number of imidazole rings is 1. The molecule has 0 saturated heterocycles. The van der Waals surface area contributed by atoms with Crippen molar-refractivity contribution in [2.45, 2.75) is 6.42 Å². The Kier molecular flexibility index (Phi) is 6.41. The number of carbonyl (C=O) groups excluding carboxylic acids is 1. The van der Waals surface area contributed by atoms with E-state index in [2.05, 4.69) is 30.2 Å². The van der Waals surface area contributed by atoms with E-state index >= 15 is 0 Å². The van der Waals surface area contributed by atoms with Gasteiger partial charge in [-0.15, -0.1) is 0 Å². The van der Waals surface area contributed by atoms with Crippen LogP contribution in [0.25, 0.3) is 44.5 Å². The summed E-state index contributed by atoms with van der Waals surface area (Å²) in [6.07, 6.45) is 2.02. The Labute approximate surface area is 227 Å². The van der Waals surface area contributed by atoms with E-state index in [1.807, 2.05) is 24.3 Å². The van der Waals surface area contributed by atoms with Crippen molar-refractivity contribution in [1.29, 1.82) is 0 Å². The number of benzene rings is 3. The second-order valence-corrected chi connectivity index (χ2v) is 9.15. The minimum absolute atomic E-state index is 0.0592. The molecule has 0 radical (unpaired) electrons. The van der Waals surface area contributed by atoms with E-state index in [1.54, 1.807) is 61.8 Å². The Morgan fingerprint density at radius 2 is 1.82 bits per heavy atom. The number of phenolic OH excluding ortho intramolecular Hbond substituents is 1. The van der Waals surface area contributed by atoms with Crippen molar-refractivity contribution in [1.82, 2.24) is 30.2 Å². The third-order valence-electron chi connectivity index (χ3n) is 6.58. The highest BCUT2D eigenvalue weighted by atomic mass is 16.5. The Bertz CT molecular complexity index is 1940. The van der Waals surface area contributed by atoms with E-state index in [1.165, 1.54) is 0 Å². The molecule has 198 valence electrons. The Morgan fingerprint density at radius 3 is 2.70 bits per heavy atom. The van der Waals surface area contributed by atoms with Gasteiger partial charge in [0.15, 0.2) is 0 Å². The molecule has 4 N–H and O–H groups in total. The van der Waals surface area contributed by atoms with Gasteiger partial charge in [-0.1, -0.05) is 18.2 Å².